The molecule has 0 atom stereocenters. The summed E-state index contributed by atoms with van der Waals surface area (Å²) in [5.74, 6) is 0.264. The van der Waals surface area contributed by atoms with Crippen LogP contribution in [0.5, 0.6) is 0 Å². The smallest absolute Gasteiger partial charge is 0.206 e. The minimum Gasteiger partial charge on any atom is -0.323 e. The van der Waals surface area contributed by atoms with Crippen molar-refractivity contribution in [3.63, 3.8) is 0 Å². The Bertz CT molecular complexity index is 162. The van der Waals surface area contributed by atoms with E-state index in [0.29, 0.717) is 0 Å². The number of hydrogen-bond acceptors (Lipinski definition) is 3. The number of rotatable bonds is 1. The Kier molecular flexibility index (Phi) is 4.05. The maximum atomic E-state index is 8.25. The predicted octanol–water partition coefficient (Wildman–Crippen LogP) is -0.214. The molecule has 0 unspecified atom stereocenters. The number of nitrogens with zero attached hydrogens (tertiary/aromatic N) is 3. The fourth-order valence-electron chi connectivity index (χ4n) is 0.273. The monoisotopic (exact) mass is 124 g/mol. The zero-order valence-corrected chi connectivity index (χ0v) is 5.42. The molecule has 9 heavy (non-hydrogen) atoms. The summed E-state index contributed by atoms with van der Waals surface area (Å²) in [5.41, 5.74) is 0. The highest BCUT2D eigenvalue weighted by molar-refractivity contribution is 6.02. The van der Waals surface area contributed by atoms with Gasteiger partial charge in [0.2, 0.25) is 5.84 Å². The Morgan fingerprint density at radius 2 is 2.33 bits per heavy atom. The van der Waals surface area contributed by atoms with Crippen molar-refractivity contribution in [3.05, 3.63) is 0 Å². The molecular weight excluding hydrogens is 116 g/mol. The van der Waals surface area contributed by atoms with Crippen LogP contribution in [0.15, 0.2) is 9.98 Å². The van der Waals surface area contributed by atoms with Crippen LogP contribution < -0.4 is 5.32 Å². The van der Waals surface area contributed by atoms with Crippen molar-refractivity contribution in [1.29, 1.82) is 5.26 Å². The van der Waals surface area contributed by atoms with Gasteiger partial charge in [0.1, 0.15) is 6.07 Å². The van der Waals surface area contributed by atoms with Crippen LogP contribution in [0.3, 0.4) is 0 Å². The van der Waals surface area contributed by atoms with E-state index in [-0.39, 0.29) is 5.84 Å². The number of amidine groups is 1. The van der Waals surface area contributed by atoms with Crippen molar-refractivity contribution in [2.45, 2.75) is 0 Å². The molecule has 4 nitrogen and oxygen atoms in total. The number of nitrogens with one attached hydrogen (secondary N) is 1. The summed E-state index contributed by atoms with van der Waals surface area (Å²) in [7, 11) is 3.15. The highest BCUT2D eigenvalue weighted by atomic mass is 15.0. The molecule has 0 fully saturated rings. The molecule has 0 aliphatic heterocycles. The lowest BCUT2D eigenvalue weighted by Crippen LogP contribution is -2.19. The molecule has 0 aromatic rings. The van der Waals surface area contributed by atoms with Gasteiger partial charge in [0, 0.05) is 14.1 Å². The SMILES string of the molecule is CN=CNC(C#N)=NC. The molecule has 1 N–H and O–H groups in total. The molecule has 4 heteroatoms. The molecule has 0 aromatic carbocycles. The Balaban J connectivity index is 3.76. The van der Waals surface area contributed by atoms with Gasteiger partial charge in [-0.15, -0.1) is 0 Å². The summed E-state index contributed by atoms with van der Waals surface area (Å²) in [6, 6.07) is 1.83. The van der Waals surface area contributed by atoms with Crippen molar-refractivity contribution in [3.8, 4) is 6.07 Å². The van der Waals surface area contributed by atoms with Crippen molar-refractivity contribution in [2.24, 2.45) is 9.98 Å². The van der Waals surface area contributed by atoms with Crippen LogP contribution in [0.4, 0.5) is 0 Å². The molecule has 0 aromatic heterocycles. The summed E-state index contributed by atoms with van der Waals surface area (Å²) < 4.78 is 0. The molecule has 0 rings (SSSR count). The molecule has 0 spiro atoms. The second kappa shape index (κ2) is 4.78. The zero-order valence-electron chi connectivity index (χ0n) is 5.42. The van der Waals surface area contributed by atoms with Gasteiger partial charge in [0.05, 0.1) is 6.34 Å². The van der Waals surface area contributed by atoms with Crippen LogP contribution in [0.1, 0.15) is 0 Å². The first-order valence-corrected chi connectivity index (χ1v) is 2.39. The molecular formula is C5H8N4. The minimum absolute atomic E-state index is 0.264. The molecule has 0 saturated carbocycles. The van der Waals surface area contributed by atoms with Gasteiger partial charge in [0.15, 0.2) is 0 Å². The van der Waals surface area contributed by atoms with E-state index >= 15 is 0 Å². The topological polar surface area (TPSA) is 60.5 Å². The summed E-state index contributed by atoms with van der Waals surface area (Å²) in [5, 5.41) is 10.8. The molecule has 0 heterocycles. The molecule has 0 saturated heterocycles. The molecule has 0 radical (unpaired) electrons. The lowest BCUT2D eigenvalue weighted by atomic mass is 10.6. The van der Waals surface area contributed by atoms with Gasteiger partial charge < -0.3 is 5.32 Å². The summed E-state index contributed by atoms with van der Waals surface area (Å²) in [6.07, 6.45) is 1.41. The van der Waals surface area contributed by atoms with Gasteiger partial charge in [-0.3, -0.25) is 9.98 Å². The van der Waals surface area contributed by atoms with E-state index in [1.807, 2.05) is 6.07 Å². The van der Waals surface area contributed by atoms with Crippen molar-refractivity contribution in [2.75, 3.05) is 14.1 Å². The van der Waals surface area contributed by atoms with E-state index in [1.165, 1.54) is 13.4 Å². The lowest BCUT2D eigenvalue weighted by molar-refractivity contribution is 1.30. The van der Waals surface area contributed by atoms with Crippen LogP contribution in [0.25, 0.3) is 0 Å². The second-order valence-electron chi connectivity index (χ2n) is 1.22. The Labute approximate surface area is 53.9 Å². The molecule has 48 valence electrons. The number of nitriles is 1. The van der Waals surface area contributed by atoms with Crippen molar-refractivity contribution in [1.82, 2.24) is 5.32 Å². The minimum atomic E-state index is 0.264. The molecule has 0 amide bonds. The van der Waals surface area contributed by atoms with Gasteiger partial charge in [-0.05, 0) is 0 Å². The van der Waals surface area contributed by atoms with E-state index in [9.17, 15) is 0 Å². The fourth-order valence-corrected chi connectivity index (χ4v) is 0.273. The van der Waals surface area contributed by atoms with Gasteiger partial charge >= 0.3 is 0 Å². The van der Waals surface area contributed by atoms with E-state index in [4.69, 9.17) is 5.26 Å². The molecule has 0 bridgehead atoms. The third-order valence-corrected chi connectivity index (χ3v) is 0.660. The summed E-state index contributed by atoms with van der Waals surface area (Å²) >= 11 is 0. The van der Waals surface area contributed by atoms with Crippen LogP contribution >= 0.6 is 0 Å². The van der Waals surface area contributed by atoms with E-state index < -0.39 is 0 Å². The largest absolute Gasteiger partial charge is 0.323 e. The maximum Gasteiger partial charge on any atom is 0.206 e. The second-order valence-corrected chi connectivity index (χ2v) is 1.22. The Hall–Kier alpha value is -1.37. The van der Waals surface area contributed by atoms with Crippen LogP contribution in [0, 0.1) is 11.3 Å². The predicted molar refractivity (Wildman–Crippen MR) is 36.5 cm³/mol. The number of hydrogen-bond donors (Lipinski definition) is 1. The first-order valence-electron chi connectivity index (χ1n) is 2.39. The van der Waals surface area contributed by atoms with Gasteiger partial charge in [-0.2, -0.15) is 5.26 Å². The summed E-state index contributed by atoms with van der Waals surface area (Å²) in [4.78, 5) is 7.20. The molecule has 0 aliphatic carbocycles. The third-order valence-electron chi connectivity index (χ3n) is 0.660. The van der Waals surface area contributed by atoms with Crippen LogP contribution in [-0.4, -0.2) is 26.3 Å². The molecule has 0 aliphatic rings. The quantitative estimate of drug-likeness (QED) is 0.388. The first-order chi connectivity index (χ1) is 4.35. The van der Waals surface area contributed by atoms with Gasteiger partial charge in [-0.25, -0.2) is 0 Å². The van der Waals surface area contributed by atoms with E-state index in [1.54, 1.807) is 7.05 Å². The third kappa shape index (κ3) is 3.23. The van der Waals surface area contributed by atoms with Crippen LogP contribution in [0.2, 0.25) is 0 Å². The highest BCUT2D eigenvalue weighted by Gasteiger charge is 1.85. The maximum absolute atomic E-state index is 8.25. The Morgan fingerprint density at radius 1 is 1.67 bits per heavy atom. The van der Waals surface area contributed by atoms with Gasteiger partial charge in [0.25, 0.3) is 0 Å². The average Bonchev–Trinajstić information content (AvgIpc) is 1.91. The van der Waals surface area contributed by atoms with Gasteiger partial charge in [-0.1, -0.05) is 0 Å². The van der Waals surface area contributed by atoms with Crippen molar-refractivity contribution >= 4 is 12.2 Å². The highest BCUT2D eigenvalue weighted by Crippen LogP contribution is 1.63. The standard InChI is InChI=1S/C5H8N4/c1-7-4-9-5(3-6)8-2/h4H,1-2H3,(H,7,8,9). The fraction of sp³-hybridized carbons (Fsp3) is 0.400. The van der Waals surface area contributed by atoms with Crippen molar-refractivity contribution < 1.29 is 0 Å². The normalized spacial score (nSPS) is 11.4. The van der Waals surface area contributed by atoms with E-state index in [0.717, 1.165) is 0 Å². The number of aliphatic imine (C=N–C) groups is 2. The summed E-state index contributed by atoms with van der Waals surface area (Å²) in [6.45, 7) is 0. The Morgan fingerprint density at radius 3 is 2.67 bits per heavy atom. The average molecular weight is 124 g/mol. The van der Waals surface area contributed by atoms with E-state index in [2.05, 4.69) is 15.3 Å². The first kappa shape index (κ1) is 7.63. The van der Waals surface area contributed by atoms with Crippen LogP contribution in [-0.2, 0) is 0 Å². The lowest BCUT2D eigenvalue weighted by Gasteiger charge is -1.89. The zero-order chi connectivity index (χ0) is 7.11.